The molecule has 0 saturated carbocycles. The average molecular weight is 652 g/mol. The first-order valence-corrected chi connectivity index (χ1v) is 14.5. The molecule has 0 aliphatic carbocycles. The number of nitrogens with zero attached hydrogens (tertiary/aromatic N) is 7. The average Bonchev–Trinajstić information content (AvgIpc) is 3.49. The molecule has 16 heteroatoms. The summed E-state index contributed by atoms with van der Waals surface area (Å²) in [5.74, 6) is -2.11. The van der Waals surface area contributed by atoms with Gasteiger partial charge in [0, 0.05) is 42.7 Å². The zero-order valence-electron chi connectivity index (χ0n) is 24.9. The number of ether oxygens (including phenoxy) is 1. The van der Waals surface area contributed by atoms with Gasteiger partial charge in [-0.15, -0.1) is 0 Å². The molecule has 244 valence electrons. The molecule has 0 unspecified atom stereocenters. The molecule has 4 N–H and O–H groups in total. The van der Waals surface area contributed by atoms with E-state index in [-0.39, 0.29) is 47.9 Å². The lowest BCUT2D eigenvalue weighted by Gasteiger charge is -2.44. The number of carbonyl (C=O) groups is 1. The van der Waals surface area contributed by atoms with Crippen LogP contribution in [-0.2, 0) is 6.54 Å². The Morgan fingerprint density at radius 3 is 2.66 bits per heavy atom. The largest absolute Gasteiger partial charge is 0.494 e. The number of fused-ring (bicyclic) bond motifs is 1. The Morgan fingerprint density at radius 2 is 1.91 bits per heavy atom. The summed E-state index contributed by atoms with van der Waals surface area (Å²) in [6.45, 7) is 0.352. The van der Waals surface area contributed by atoms with Crippen LogP contribution in [0.2, 0.25) is 0 Å². The Kier molecular flexibility index (Phi) is 8.70. The van der Waals surface area contributed by atoms with Crippen LogP contribution in [0.4, 0.5) is 29.1 Å². The first-order valence-electron chi connectivity index (χ1n) is 14.5. The van der Waals surface area contributed by atoms with E-state index in [2.05, 4.69) is 30.2 Å². The van der Waals surface area contributed by atoms with Crippen molar-refractivity contribution in [3.63, 3.8) is 0 Å². The lowest BCUT2D eigenvalue weighted by atomic mass is 9.84. The molecule has 1 aromatic carbocycles. The summed E-state index contributed by atoms with van der Waals surface area (Å²) in [4.78, 5) is 35.8. The van der Waals surface area contributed by atoms with E-state index in [9.17, 15) is 23.1 Å². The third kappa shape index (κ3) is 6.29. The van der Waals surface area contributed by atoms with E-state index >= 15 is 4.39 Å². The van der Waals surface area contributed by atoms with E-state index in [0.29, 0.717) is 35.4 Å². The third-order valence-corrected chi connectivity index (χ3v) is 8.12. The number of hydrogen-bond acceptors (Lipinski definition) is 10. The van der Waals surface area contributed by atoms with Crippen LogP contribution in [0.25, 0.3) is 22.4 Å². The lowest BCUT2D eigenvalue weighted by Crippen LogP contribution is -2.63. The second kappa shape index (κ2) is 12.9. The van der Waals surface area contributed by atoms with E-state index in [1.807, 2.05) is 0 Å². The Hall–Kier alpha value is -5.22. The maximum atomic E-state index is 15.1. The predicted octanol–water partition coefficient (Wildman–Crippen LogP) is 3.79. The molecule has 5 heterocycles. The number of alkyl halides is 2. The van der Waals surface area contributed by atoms with E-state index in [1.165, 1.54) is 38.4 Å². The molecule has 0 bridgehead atoms. The number of hydrogen-bond donors (Lipinski definition) is 3. The van der Waals surface area contributed by atoms with Crippen LogP contribution in [0.5, 0.6) is 5.75 Å². The summed E-state index contributed by atoms with van der Waals surface area (Å²) in [7, 11) is 1.22. The van der Waals surface area contributed by atoms with Crippen molar-refractivity contribution < 1.29 is 32.2 Å². The van der Waals surface area contributed by atoms with Gasteiger partial charge >= 0.3 is 0 Å². The molecule has 1 aliphatic heterocycles. The van der Waals surface area contributed by atoms with Crippen molar-refractivity contribution in [1.82, 2.24) is 29.5 Å². The van der Waals surface area contributed by atoms with Crippen molar-refractivity contribution >= 4 is 28.6 Å². The molecule has 4 aromatic heterocycles. The number of pyridine rings is 2. The van der Waals surface area contributed by atoms with Crippen LogP contribution in [0, 0.1) is 11.6 Å². The van der Waals surface area contributed by atoms with E-state index in [4.69, 9.17) is 10.5 Å². The Balaban J connectivity index is 1.40. The molecule has 1 amide bonds. The summed E-state index contributed by atoms with van der Waals surface area (Å²) in [5, 5.41) is 13.0. The fraction of sp³-hybridized carbons (Fsp3) is 0.290. The van der Waals surface area contributed by atoms with Gasteiger partial charge in [-0.1, -0.05) is 0 Å². The van der Waals surface area contributed by atoms with Crippen LogP contribution in [-0.4, -0.2) is 78.8 Å². The smallest absolute Gasteiger partial charge is 0.265 e. The fourth-order valence-electron chi connectivity index (χ4n) is 5.69. The minimum Gasteiger partial charge on any atom is -0.494 e. The standard InChI is InChI=1S/C31H29F4N9O3/c1-47-24-11-20(32)19(10-21(24)33)22-9-18(23(12-38-22)43-8-2-5-31(36,14-43)26(45)27(34)35)13-44-16-41-25-28(39-15-40-29(25)44)42-30(46)17-3-6-37-7-4-17/h3-4,6-7,9-12,15-16,26-27,45H,2,5,8,13-14,36H2,1H3,(H,39,40,42,46)/t26-,31-/m1/s1. The normalized spacial score (nSPS) is 17.2. The summed E-state index contributed by atoms with van der Waals surface area (Å²) < 4.78 is 63.4. The molecule has 1 aliphatic rings. The second-order valence-electron chi connectivity index (χ2n) is 11.2. The van der Waals surface area contributed by atoms with Gasteiger partial charge in [-0.25, -0.2) is 32.5 Å². The monoisotopic (exact) mass is 651 g/mol. The van der Waals surface area contributed by atoms with Gasteiger partial charge < -0.3 is 30.4 Å². The number of halogens is 4. The Bertz CT molecular complexity index is 1930. The van der Waals surface area contributed by atoms with E-state index in [1.54, 1.807) is 27.7 Å². The minimum atomic E-state index is -3.04. The van der Waals surface area contributed by atoms with Crippen molar-refractivity contribution in [1.29, 1.82) is 0 Å². The zero-order valence-corrected chi connectivity index (χ0v) is 24.9. The van der Waals surface area contributed by atoms with Crippen molar-refractivity contribution in [2.75, 3.05) is 30.4 Å². The van der Waals surface area contributed by atoms with Crippen LogP contribution < -0.4 is 20.7 Å². The SMILES string of the molecule is COc1cc(F)c(-c2cc(Cn3cnc4c(NC(=O)c5ccncc5)ncnc43)c(N3CCC[C@](N)([C@H](O)C(F)F)C3)cn2)cc1F. The van der Waals surface area contributed by atoms with Crippen molar-refractivity contribution in [2.45, 2.75) is 37.5 Å². The second-order valence-corrected chi connectivity index (χ2v) is 11.2. The number of anilines is 2. The molecular weight excluding hydrogens is 622 g/mol. The van der Waals surface area contributed by atoms with Crippen LogP contribution in [0.1, 0.15) is 28.8 Å². The Labute approximate surface area is 265 Å². The highest BCUT2D eigenvalue weighted by molar-refractivity contribution is 6.06. The maximum Gasteiger partial charge on any atom is 0.265 e. The van der Waals surface area contributed by atoms with Crippen molar-refractivity contribution in [2.24, 2.45) is 5.73 Å². The number of nitrogens with two attached hydrogens (primary N) is 1. The number of aromatic nitrogens is 6. The summed E-state index contributed by atoms with van der Waals surface area (Å²) in [5.41, 5.74) is 6.64. The molecule has 1 saturated heterocycles. The number of amides is 1. The fourth-order valence-corrected chi connectivity index (χ4v) is 5.69. The predicted molar refractivity (Wildman–Crippen MR) is 163 cm³/mol. The van der Waals surface area contributed by atoms with Gasteiger partial charge in [0.25, 0.3) is 12.3 Å². The summed E-state index contributed by atoms with van der Waals surface area (Å²) >= 11 is 0. The number of nitrogens with one attached hydrogen (secondary N) is 1. The molecule has 2 atom stereocenters. The van der Waals surface area contributed by atoms with Gasteiger partial charge in [0.2, 0.25) is 0 Å². The summed E-state index contributed by atoms with van der Waals surface area (Å²) in [6.07, 6.45) is 2.60. The van der Waals surface area contributed by atoms with Crippen molar-refractivity contribution in [3.8, 4) is 17.0 Å². The Morgan fingerprint density at radius 1 is 1.13 bits per heavy atom. The van der Waals surface area contributed by atoms with Gasteiger partial charge in [0.1, 0.15) is 18.2 Å². The van der Waals surface area contributed by atoms with E-state index < -0.39 is 35.6 Å². The number of aliphatic hydroxyl groups excluding tert-OH is 1. The number of piperidine rings is 1. The molecule has 0 radical (unpaired) electrons. The topological polar surface area (TPSA) is 157 Å². The molecule has 6 rings (SSSR count). The third-order valence-electron chi connectivity index (χ3n) is 8.12. The van der Waals surface area contributed by atoms with Crippen molar-refractivity contribution in [3.05, 3.63) is 84.3 Å². The maximum absolute atomic E-state index is 15.1. The van der Waals surface area contributed by atoms with Gasteiger partial charge in [0.15, 0.2) is 28.5 Å². The molecule has 1 fully saturated rings. The highest BCUT2D eigenvalue weighted by Gasteiger charge is 2.43. The highest BCUT2D eigenvalue weighted by Crippen LogP contribution is 2.35. The quantitative estimate of drug-likeness (QED) is 0.200. The number of methoxy groups -OCH3 is 1. The van der Waals surface area contributed by atoms with Crippen LogP contribution >= 0.6 is 0 Å². The highest BCUT2D eigenvalue weighted by atomic mass is 19.3. The number of rotatable bonds is 9. The van der Waals surface area contributed by atoms with Crippen LogP contribution in [0.3, 0.4) is 0 Å². The first-order chi connectivity index (χ1) is 22.6. The molecular formula is C31H29F4N9O3. The summed E-state index contributed by atoms with van der Waals surface area (Å²) in [6, 6.07) is 6.53. The lowest BCUT2D eigenvalue weighted by molar-refractivity contribution is -0.0529. The minimum absolute atomic E-state index is 0.0574. The molecule has 12 nitrogen and oxygen atoms in total. The number of benzene rings is 1. The number of aliphatic hydroxyl groups is 1. The molecule has 0 spiro atoms. The molecule has 47 heavy (non-hydrogen) atoms. The van der Waals surface area contributed by atoms with Gasteiger partial charge in [0.05, 0.1) is 43.1 Å². The van der Waals surface area contributed by atoms with Crippen LogP contribution in [0.15, 0.2) is 61.6 Å². The van der Waals surface area contributed by atoms with Gasteiger partial charge in [-0.05, 0) is 42.7 Å². The zero-order chi connectivity index (χ0) is 33.3. The van der Waals surface area contributed by atoms with Gasteiger partial charge in [-0.2, -0.15) is 0 Å². The number of carbonyl (C=O) groups excluding carboxylic acids is 1. The van der Waals surface area contributed by atoms with Gasteiger partial charge in [-0.3, -0.25) is 14.8 Å². The number of imidazole rings is 1. The van der Waals surface area contributed by atoms with E-state index in [0.717, 1.165) is 12.1 Å². The first kappa shape index (κ1) is 31.7. The molecule has 5 aromatic rings.